The second-order valence-electron chi connectivity index (χ2n) is 5.01. The second-order valence-corrected chi connectivity index (χ2v) is 8.92. The second kappa shape index (κ2) is 8.14. The summed E-state index contributed by atoms with van der Waals surface area (Å²) < 4.78 is 1.02. The number of hydrogen-bond donors (Lipinski definition) is 2. The highest BCUT2D eigenvalue weighted by Crippen LogP contribution is 2.25. The average Bonchev–Trinajstić information content (AvgIpc) is 3.26. The van der Waals surface area contributed by atoms with Gasteiger partial charge in [0.05, 0.1) is 25.9 Å². The fourth-order valence-electron chi connectivity index (χ4n) is 2.07. The van der Waals surface area contributed by atoms with Crippen molar-refractivity contribution in [1.29, 1.82) is 0 Å². The SMILES string of the molecule is O=C(NCc1ccc(Br)s1)c1ccc(Cl)c(NC(=O)c2cccs2)c1. The van der Waals surface area contributed by atoms with Crippen LogP contribution >= 0.6 is 50.2 Å². The van der Waals surface area contributed by atoms with Crippen LogP contribution in [0.3, 0.4) is 0 Å². The van der Waals surface area contributed by atoms with Crippen LogP contribution in [0.4, 0.5) is 5.69 Å². The third kappa shape index (κ3) is 4.70. The molecule has 0 aliphatic carbocycles. The zero-order valence-corrected chi connectivity index (χ0v) is 16.7. The lowest BCUT2D eigenvalue weighted by atomic mass is 10.2. The van der Waals surface area contributed by atoms with Crippen LogP contribution in [0.5, 0.6) is 0 Å². The Kier molecular flexibility index (Phi) is 5.90. The first kappa shape index (κ1) is 18.1. The molecule has 0 bridgehead atoms. The number of carbonyl (C=O) groups is 2. The number of thiophene rings is 2. The third-order valence-corrected chi connectivity index (χ3v) is 6.10. The van der Waals surface area contributed by atoms with E-state index in [0.717, 1.165) is 8.66 Å². The maximum Gasteiger partial charge on any atom is 0.265 e. The third-order valence-electron chi connectivity index (χ3n) is 3.27. The Morgan fingerprint density at radius 2 is 1.96 bits per heavy atom. The van der Waals surface area contributed by atoms with Gasteiger partial charge in [-0.2, -0.15) is 0 Å². The number of anilines is 1. The van der Waals surface area contributed by atoms with E-state index in [4.69, 9.17) is 11.6 Å². The largest absolute Gasteiger partial charge is 0.347 e. The van der Waals surface area contributed by atoms with E-state index < -0.39 is 0 Å². The number of amides is 2. The first-order valence-electron chi connectivity index (χ1n) is 7.20. The van der Waals surface area contributed by atoms with Gasteiger partial charge < -0.3 is 10.6 Å². The molecule has 3 aromatic rings. The molecule has 2 heterocycles. The van der Waals surface area contributed by atoms with E-state index in [1.165, 1.54) is 11.3 Å². The van der Waals surface area contributed by atoms with Gasteiger partial charge in [0.25, 0.3) is 11.8 Å². The molecule has 2 aromatic heterocycles. The van der Waals surface area contributed by atoms with Crippen LogP contribution in [-0.2, 0) is 6.54 Å². The molecule has 1 aromatic carbocycles. The molecule has 0 aliphatic heterocycles. The molecule has 25 heavy (non-hydrogen) atoms. The predicted octanol–water partition coefficient (Wildman–Crippen LogP) is 5.41. The quantitative estimate of drug-likeness (QED) is 0.540. The maximum absolute atomic E-state index is 12.3. The van der Waals surface area contributed by atoms with Crippen LogP contribution in [0.1, 0.15) is 24.9 Å². The highest BCUT2D eigenvalue weighted by atomic mass is 79.9. The molecule has 0 fully saturated rings. The molecule has 4 nitrogen and oxygen atoms in total. The lowest BCUT2D eigenvalue weighted by Crippen LogP contribution is -2.22. The maximum atomic E-state index is 12.3. The Bertz CT molecular complexity index is 909. The standard InChI is InChI=1S/C17H12BrClN2O2S2/c18-15-6-4-11(25-15)9-20-16(22)10-3-5-12(19)13(8-10)21-17(23)14-2-1-7-24-14/h1-8H,9H2,(H,20,22)(H,21,23). The molecule has 128 valence electrons. The van der Waals surface area contributed by atoms with E-state index in [1.807, 2.05) is 17.5 Å². The molecule has 0 radical (unpaired) electrons. The van der Waals surface area contributed by atoms with Crippen molar-refractivity contribution in [3.63, 3.8) is 0 Å². The van der Waals surface area contributed by atoms with Gasteiger partial charge in [-0.05, 0) is 57.7 Å². The first-order valence-corrected chi connectivity index (χ1v) is 10.1. The summed E-state index contributed by atoms with van der Waals surface area (Å²) in [7, 11) is 0. The molecule has 0 saturated carbocycles. The summed E-state index contributed by atoms with van der Waals surface area (Å²) in [6.45, 7) is 0.439. The highest BCUT2D eigenvalue weighted by molar-refractivity contribution is 9.11. The van der Waals surface area contributed by atoms with Gasteiger partial charge in [0.15, 0.2) is 0 Å². The minimum Gasteiger partial charge on any atom is -0.347 e. The van der Waals surface area contributed by atoms with E-state index in [1.54, 1.807) is 41.7 Å². The summed E-state index contributed by atoms with van der Waals surface area (Å²) in [5.41, 5.74) is 0.841. The predicted molar refractivity (Wildman–Crippen MR) is 107 cm³/mol. The molecular formula is C17H12BrClN2O2S2. The van der Waals surface area contributed by atoms with Gasteiger partial charge in [-0.3, -0.25) is 9.59 Å². The minimum atomic E-state index is -0.252. The summed E-state index contributed by atoms with van der Waals surface area (Å²) in [4.78, 5) is 26.1. The monoisotopic (exact) mass is 454 g/mol. The topological polar surface area (TPSA) is 58.2 Å². The number of halogens is 2. The van der Waals surface area contributed by atoms with E-state index >= 15 is 0 Å². The first-order chi connectivity index (χ1) is 12.0. The molecular weight excluding hydrogens is 444 g/mol. The lowest BCUT2D eigenvalue weighted by molar-refractivity contribution is 0.0950. The highest BCUT2D eigenvalue weighted by Gasteiger charge is 2.13. The van der Waals surface area contributed by atoms with Gasteiger partial charge in [0, 0.05) is 10.4 Å². The minimum absolute atomic E-state index is 0.229. The summed E-state index contributed by atoms with van der Waals surface area (Å²) in [5, 5.41) is 7.79. The number of carbonyl (C=O) groups excluding carboxylic acids is 2. The Morgan fingerprint density at radius 1 is 1.12 bits per heavy atom. The van der Waals surface area contributed by atoms with Crippen LogP contribution in [0.15, 0.2) is 51.6 Å². The summed E-state index contributed by atoms with van der Waals surface area (Å²) in [5.74, 6) is -0.481. The average molecular weight is 456 g/mol. The van der Waals surface area contributed by atoms with E-state index in [-0.39, 0.29) is 11.8 Å². The normalized spacial score (nSPS) is 10.5. The molecule has 0 aliphatic rings. The summed E-state index contributed by atoms with van der Waals surface area (Å²) in [6.07, 6.45) is 0. The molecule has 3 rings (SSSR count). The van der Waals surface area contributed by atoms with Gasteiger partial charge in [-0.1, -0.05) is 17.7 Å². The van der Waals surface area contributed by atoms with Gasteiger partial charge in [0.2, 0.25) is 0 Å². The van der Waals surface area contributed by atoms with Crippen molar-refractivity contribution in [1.82, 2.24) is 5.32 Å². The summed E-state index contributed by atoms with van der Waals surface area (Å²) >= 11 is 12.4. The smallest absolute Gasteiger partial charge is 0.265 e. The van der Waals surface area contributed by atoms with Gasteiger partial charge in [-0.25, -0.2) is 0 Å². The Morgan fingerprint density at radius 3 is 2.64 bits per heavy atom. The molecule has 0 atom stereocenters. The van der Waals surface area contributed by atoms with E-state index in [0.29, 0.717) is 27.7 Å². The number of rotatable bonds is 5. The van der Waals surface area contributed by atoms with Crippen LogP contribution < -0.4 is 10.6 Å². The van der Waals surface area contributed by atoms with Crippen LogP contribution in [0.2, 0.25) is 5.02 Å². The lowest BCUT2D eigenvalue weighted by Gasteiger charge is -2.09. The zero-order valence-electron chi connectivity index (χ0n) is 12.7. The van der Waals surface area contributed by atoms with Crippen molar-refractivity contribution in [2.75, 3.05) is 5.32 Å². The van der Waals surface area contributed by atoms with Crippen LogP contribution in [0.25, 0.3) is 0 Å². The van der Waals surface area contributed by atoms with Crippen molar-refractivity contribution < 1.29 is 9.59 Å². The van der Waals surface area contributed by atoms with Crippen molar-refractivity contribution >= 4 is 67.7 Å². The van der Waals surface area contributed by atoms with Crippen molar-refractivity contribution in [2.45, 2.75) is 6.54 Å². The fraction of sp³-hybridized carbons (Fsp3) is 0.0588. The number of benzene rings is 1. The number of nitrogens with one attached hydrogen (secondary N) is 2. The van der Waals surface area contributed by atoms with Gasteiger partial charge >= 0.3 is 0 Å². The molecule has 2 amide bonds. The van der Waals surface area contributed by atoms with Crippen molar-refractivity contribution in [3.05, 3.63) is 72.0 Å². The zero-order chi connectivity index (χ0) is 17.8. The Labute approximate surface area is 166 Å². The number of hydrogen-bond acceptors (Lipinski definition) is 4. The Balaban J connectivity index is 1.69. The van der Waals surface area contributed by atoms with Crippen molar-refractivity contribution in [2.24, 2.45) is 0 Å². The van der Waals surface area contributed by atoms with Crippen LogP contribution in [-0.4, -0.2) is 11.8 Å². The van der Waals surface area contributed by atoms with E-state index in [9.17, 15) is 9.59 Å². The molecule has 0 saturated heterocycles. The molecule has 8 heteroatoms. The van der Waals surface area contributed by atoms with Crippen LogP contribution in [0, 0.1) is 0 Å². The van der Waals surface area contributed by atoms with Crippen molar-refractivity contribution in [3.8, 4) is 0 Å². The van der Waals surface area contributed by atoms with E-state index in [2.05, 4.69) is 26.6 Å². The molecule has 0 unspecified atom stereocenters. The fourth-order valence-corrected chi connectivity index (χ4v) is 4.28. The molecule has 2 N–H and O–H groups in total. The summed E-state index contributed by atoms with van der Waals surface area (Å²) in [6, 6.07) is 12.2. The molecule has 0 spiro atoms. The Hall–Kier alpha value is -1.67. The van der Waals surface area contributed by atoms with Gasteiger partial charge in [-0.15, -0.1) is 22.7 Å². The van der Waals surface area contributed by atoms with Gasteiger partial charge in [0.1, 0.15) is 0 Å².